The first kappa shape index (κ1) is 40.6. The number of carbonyl (C=O) groups is 2. The zero-order chi connectivity index (χ0) is 40.0. The Kier molecular flexibility index (Phi) is 12.6. The summed E-state index contributed by atoms with van der Waals surface area (Å²) < 4.78 is 47.1. The van der Waals surface area contributed by atoms with Gasteiger partial charge in [-0.1, -0.05) is 0 Å². The molecular weight excluding hydrogens is 720 g/mol. The molecule has 4 heterocycles. The van der Waals surface area contributed by atoms with Crippen LogP contribution in [0.5, 0.6) is 11.5 Å². The van der Waals surface area contributed by atoms with E-state index in [1.807, 2.05) is 77.9 Å². The van der Waals surface area contributed by atoms with Crippen LogP contribution < -0.4 is 9.47 Å². The van der Waals surface area contributed by atoms with Crippen molar-refractivity contribution in [1.29, 1.82) is 0 Å². The minimum absolute atomic E-state index is 0.269. The van der Waals surface area contributed by atoms with Gasteiger partial charge in [-0.2, -0.15) is 0 Å². The molecule has 2 aliphatic heterocycles. The van der Waals surface area contributed by atoms with E-state index in [9.17, 15) is 9.59 Å². The molecule has 56 heavy (non-hydrogen) atoms. The van der Waals surface area contributed by atoms with Crippen molar-refractivity contribution in [3.05, 3.63) is 60.3 Å². The van der Waals surface area contributed by atoms with Crippen molar-refractivity contribution in [2.45, 2.75) is 90.5 Å². The number of nitrogens with zero attached hydrogens (tertiary/aromatic N) is 4. The zero-order valence-corrected chi connectivity index (χ0v) is 33.7. The highest BCUT2D eigenvalue weighted by Crippen LogP contribution is 2.43. The molecule has 2 aromatic heterocycles. The second-order valence-corrected chi connectivity index (χ2v) is 15.9. The molecule has 4 aromatic rings. The lowest BCUT2D eigenvalue weighted by atomic mass is 9.99. The molecule has 14 heteroatoms. The molecule has 2 saturated heterocycles. The lowest BCUT2D eigenvalue weighted by Crippen LogP contribution is -2.36. The number of oxazole rings is 2. The van der Waals surface area contributed by atoms with E-state index in [4.69, 9.17) is 37.3 Å². The molecule has 0 radical (unpaired) electrons. The van der Waals surface area contributed by atoms with Crippen LogP contribution in [0.2, 0.25) is 0 Å². The average molecular weight is 775 g/mol. The molecule has 6 rings (SSSR count). The number of carbonyl (C=O) groups excluding carboxylic acids is 2. The smallest absolute Gasteiger partial charge is 0.410 e. The number of methoxy groups -OCH3 is 2. The topological polar surface area (TPSA) is 148 Å². The summed E-state index contributed by atoms with van der Waals surface area (Å²) in [6.07, 6.45) is 5.80. The van der Waals surface area contributed by atoms with Gasteiger partial charge in [0.25, 0.3) is 0 Å². The Labute approximate surface area is 328 Å². The molecule has 14 nitrogen and oxygen atoms in total. The SMILES string of the molecule is COCCOc1cc(-c2ncc([C@@H]3CCCN3C(=O)OC(C)(C)C)o2)ccc1-c1ccc(-c2ncc([C@@H]3CCCN3C(=O)OC(C)(C)C)o2)cc1OCCOC. The lowest BCUT2D eigenvalue weighted by Gasteiger charge is -2.27. The maximum absolute atomic E-state index is 13.0. The molecule has 0 unspecified atom stereocenters. The van der Waals surface area contributed by atoms with Gasteiger partial charge in [0, 0.05) is 49.6 Å². The highest BCUT2D eigenvalue weighted by atomic mass is 16.6. The monoisotopic (exact) mass is 774 g/mol. The number of hydrogen-bond donors (Lipinski definition) is 0. The minimum atomic E-state index is -0.603. The highest BCUT2D eigenvalue weighted by molar-refractivity contribution is 5.80. The van der Waals surface area contributed by atoms with Gasteiger partial charge in [0.05, 0.1) is 37.7 Å². The van der Waals surface area contributed by atoms with E-state index in [1.54, 1.807) is 36.4 Å². The fourth-order valence-electron chi connectivity index (χ4n) is 6.82. The summed E-state index contributed by atoms with van der Waals surface area (Å²) in [6, 6.07) is 10.9. The number of likely N-dealkylation sites (tertiary alicyclic amines) is 2. The summed E-state index contributed by atoms with van der Waals surface area (Å²) >= 11 is 0. The first-order valence-corrected chi connectivity index (χ1v) is 19.2. The standard InChI is InChI=1S/C42H54N4O10/c1-41(2,3)55-39(47)45-17-9-11-31(45)35-25-43-37(53-35)27-13-15-29(33(23-27)51-21-19-49-7)30-16-14-28(24-34(30)52-22-20-50-8)38-44-26-36(54-38)32-12-10-18-46(32)40(48)56-42(4,5)6/h13-16,23-26,31-32H,9-12,17-22H2,1-8H3/t31-,32-/m0/s1. The Balaban J connectivity index is 1.29. The lowest BCUT2D eigenvalue weighted by molar-refractivity contribution is 0.0199. The van der Waals surface area contributed by atoms with E-state index in [0.717, 1.165) is 36.8 Å². The molecule has 0 saturated carbocycles. The van der Waals surface area contributed by atoms with Crippen LogP contribution >= 0.6 is 0 Å². The fraction of sp³-hybridized carbons (Fsp3) is 0.524. The van der Waals surface area contributed by atoms with Crippen molar-refractivity contribution in [2.75, 3.05) is 53.7 Å². The molecule has 0 aliphatic carbocycles. The summed E-state index contributed by atoms with van der Waals surface area (Å²) in [4.78, 5) is 38.6. The third kappa shape index (κ3) is 9.83. The van der Waals surface area contributed by atoms with Crippen LogP contribution in [0.25, 0.3) is 34.0 Å². The van der Waals surface area contributed by atoms with Gasteiger partial charge >= 0.3 is 12.2 Å². The average Bonchev–Trinajstić information content (AvgIpc) is 3.97. The van der Waals surface area contributed by atoms with Crippen LogP contribution in [0.3, 0.4) is 0 Å². The zero-order valence-electron chi connectivity index (χ0n) is 33.7. The van der Waals surface area contributed by atoms with Crippen molar-refractivity contribution in [2.24, 2.45) is 0 Å². The van der Waals surface area contributed by atoms with Gasteiger partial charge in [-0.05, 0) is 104 Å². The second kappa shape index (κ2) is 17.4. The van der Waals surface area contributed by atoms with E-state index < -0.39 is 11.2 Å². The molecule has 0 N–H and O–H groups in total. The van der Waals surface area contributed by atoms with Gasteiger partial charge < -0.3 is 37.3 Å². The van der Waals surface area contributed by atoms with Gasteiger partial charge in [0.2, 0.25) is 11.8 Å². The first-order chi connectivity index (χ1) is 26.7. The summed E-state index contributed by atoms with van der Waals surface area (Å²) in [5, 5.41) is 0. The number of hydrogen-bond acceptors (Lipinski definition) is 12. The van der Waals surface area contributed by atoms with Crippen LogP contribution in [0.1, 0.15) is 90.8 Å². The molecule has 2 aromatic carbocycles. The van der Waals surface area contributed by atoms with Gasteiger partial charge in [0.15, 0.2) is 0 Å². The summed E-state index contributed by atoms with van der Waals surface area (Å²) in [7, 11) is 3.24. The second-order valence-electron chi connectivity index (χ2n) is 15.9. The number of amides is 2. The largest absolute Gasteiger partial charge is 0.491 e. The summed E-state index contributed by atoms with van der Waals surface area (Å²) in [5.41, 5.74) is 1.74. The van der Waals surface area contributed by atoms with E-state index in [-0.39, 0.29) is 24.3 Å². The first-order valence-electron chi connectivity index (χ1n) is 19.2. The third-order valence-electron chi connectivity index (χ3n) is 9.30. The van der Waals surface area contributed by atoms with E-state index in [2.05, 4.69) is 9.97 Å². The Hall–Kier alpha value is -5.08. The molecule has 2 atom stereocenters. The van der Waals surface area contributed by atoms with Gasteiger partial charge in [-0.15, -0.1) is 0 Å². The number of benzene rings is 2. The van der Waals surface area contributed by atoms with Crippen LogP contribution in [-0.4, -0.2) is 96.9 Å². The predicted molar refractivity (Wildman–Crippen MR) is 207 cm³/mol. The van der Waals surface area contributed by atoms with Crippen molar-refractivity contribution >= 4 is 12.2 Å². The van der Waals surface area contributed by atoms with Crippen molar-refractivity contribution in [3.8, 4) is 45.5 Å². The molecule has 0 spiro atoms. The number of aromatic nitrogens is 2. The van der Waals surface area contributed by atoms with Crippen LogP contribution in [-0.2, 0) is 18.9 Å². The highest BCUT2D eigenvalue weighted by Gasteiger charge is 2.37. The van der Waals surface area contributed by atoms with E-state index in [0.29, 0.717) is 85.4 Å². The Morgan fingerprint density at radius 1 is 0.661 bits per heavy atom. The maximum Gasteiger partial charge on any atom is 0.410 e. The van der Waals surface area contributed by atoms with E-state index in [1.165, 1.54) is 0 Å². The summed E-state index contributed by atoms with van der Waals surface area (Å²) in [5.74, 6) is 3.14. The molecular formula is C42H54N4O10. The molecule has 2 fully saturated rings. The molecule has 2 aliphatic rings. The van der Waals surface area contributed by atoms with Crippen molar-refractivity contribution in [1.82, 2.24) is 19.8 Å². The minimum Gasteiger partial charge on any atom is -0.491 e. The van der Waals surface area contributed by atoms with Gasteiger partial charge in [-0.25, -0.2) is 19.6 Å². The van der Waals surface area contributed by atoms with Crippen LogP contribution in [0.4, 0.5) is 9.59 Å². The van der Waals surface area contributed by atoms with Crippen LogP contribution in [0.15, 0.2) is 57.6 Å². The molecule has 0 bridgehead atoms. The predicted octanol–water partition coefficient (Wildman–Crippen LogP) is 8.86. The van der Waals surface area contributed by atoms with E-state index >= 15 is 0 Å². The molecule has 2 amide bonds. The third-order valence-corrected chi connectivity index (χ3v) is 9.30. The fourth-order valence-corrected chi connectivity index (χ4v) is 6.82. The van der Waals surface area contributed by atoms with Crippen LogP contribution in [0, 0.1) is 0 Å². The number of ether oxygens (including phenoxy) is 6. The Morgan fingerprint density at radius 2 is 1.07 bits per heavy atom. The number of rotatable bonds is 13. The van der Waals surface area contributed by atoms with Gasteiger partial charge in [-0.3, -0.25) is 9.80 Å². The molecule has 302 valence electrons. The maximum atomic E-state index is 13.0. The van der Waals surface area contributed by atoms with Crippen molar-refractivity contribution < 1.29 is 46.8 Å². The summed E-state index contributed by atoms with van der Waals surface area (Å²) in [6.45, 7) is 13.7. The van der Waals surface area contributed by atoms with Crippen molar-refractivity contribution in [3.63, 3.8) is 0 Å². The quantitative estimate of drug-likeness (QED) is 0.120. The van der Waals surface area contributed by atoms with Gasteiger partial charge in [0.1, 0.15) is 47.4 Å². The Morgan fingerprint density at radius 3 is 1.45 bits per heavy atom. The normalized spacial score (nSPS) is 17.4. The Bertz CT molecular complexity index is 1820.